The molecule has 1 saturated heterocycles. The van der Waals surface area contributed by atoms with E-state index >= 15 is 0 Å². The molecule has 0 aliphatic carbocycles. The predicted octanol–water partition coefficient (Wildman–Crippen LogP) is 2.78. The van der Waals surface area contributed by atoms with Gasteiger partial charge >= 0.3 is 6.03 Å². The van der Waals surface area contributed by atoms with Gasteiger partial charge in [0.15, 0.2) is 0 Å². The van der Waals surface area contributed by atoms with Crippen LogP contribution in [0.15, 0.2) is 42.0 Å². The van der Waals surface area contributed by atoms with E-state index in [1.165, 1.54) is 25.3 Å². The number of nitrogens with one attached hydrogen (secondary N) is 2. The molecule has 27 heavy (non-hydrogen) atoms. The van der Waals surface area contributed by atoms with Crippen LogP contribution < -0.4 is 15.4 Å². The number of imide groups is 2. The number of halogens is 2. The molecule has 3 rings (SSSR count). The van der Waals surface area contributed by atoms with E-state index in [9.17, 15) is 18.8 Å². The van der Waals surface area contributed by atoms with Gasteiger partial charge in [-0.05, 0) is 64.1 Å². The van der Waals surface area contributed by atoms with E-state index in [-0.39, 0.29) is 11.4 Å². The summed E-state index contributed by atoms with van der Waals surface area (Å²) in [5, 5.41) is 4.05. The van der Waals surface area contributed by atoms with Crippen molar-refractivity contribution in [3.63, 3.8) is 0 Å². The molecule has 2 aromatic carbocycles. The first-order chi connectivity index (χ1) is 12.9. The molecule has 8 heteroatoms. The molecular formula is C19H14FIN2O4. The number of carbonyl (C=O) groups is 3. The Morgan fingerprint density at radius 1 is 1.11 bits per heavy atom. The van der Waals surface area contributed by atoms with Gasteiger partial charge in [-0.3, -0.25) is 20.2 Å². The zero-order chi connectivity index (χ0) is 19.6. The fraction of sp³-hybridized carbons (Fsp3) is 0.105. The summed E-state index contributed by atoms with van der Waals surface area (Å²) in [6.07, 6.45) is 1.85. The Hall–Kier alpha value is -2.75. The molecule has 0 unspecified atom stereocenters. The summed E-state index contributed by atoms with van der Waals surface area (Å²) in [6.45, 7) is 0. The minimum Gasteiger partial charge on any atom is -0.496 e. The lowest BCUT2D eigenvalue weighted by Gasteiger charge is -2.15. The maximum Gasteiger partial charge on any atom is 0.328 e. The minimum atomic E-state index is -0.847. The lowest BCUT2D eigenvalue weighted by molar-refractivity contribution is -0.123. The molecule has 0 radical (unpaired) electrons. The maximum atomic E-state index is 13.4. The molecule has 0 bridgehead atoms. The van der Waals surface area contributed by atoms with Crippen molar-refractivity contribution >= 4 is 46.5 Å². The van der Waals surface area contributed by atoms with Gasteiger partial charge in [-0.2, -0.15) is 0 Å². The summed E-state index contributed by atoms with van der Waals surface area (Å²) in [5.41, 5.74) is 2.04. The average molecular weight is 480 g/mol. The Labute approximate surface area is 167 Å². The van der Waals surface area contributed by atoms with Crippen molar-refractivity contribution in [2.45, 2.75) is 6.42 Å². The van der Waals surface area contributed by atoms with Crippen LogP contribution in [0.3, 0.4) is 0 Å². The number of urea groups is 1. The van der Waals surface area contributed by atoms with Crippen molar-refractivity contribution in [1.82, 2.24) is 10.6 Å². The first kappa shape index (κ1) is 19.0. The highest BCUT2D eigenvalue weighted by Crippen LogP contribution is 2.30. The van der Waals surface area contributed by atoms with E-state index in [0.29, 0.717) is 17.7 Å². The van der Waals surface area contributed by atoms with Crippen LogP contribution in [0.2, 0.25) is 0 Å². The van der Waals surface area contributed by atoms with Crippen LogP contribution in [0, 0.1) is 9.39 Å². The van der Waals surface area contributed by atoms with Gasteiger partial charge in [0.1, 0.15) is 17.1 Å². The number of methoxy groups -OCH3 is 1. The first-order valence-corrected chi connectivity index (χ1v) is 8.94. The number of ether oxygens (including phenoxy) is 1. The first-order valence-electron chi connectivity index (χ1n) is 7.86. The molecular weight excluding hydrogens is 466 g/mol. The van der Waals surface area contributed by atoms with Crippen LogP contribution in [-0.4, -0.2) is 25.0 Å². The molecule has 1 aliphatic heterocycles. The Kier molecular flexibility index (Phi) is 5.54. The van der Waals surface area contributed by atoms with Gasteiger partial charge in [-0.15, -0.1) is 0 Å². The second-order valence-electron chi connectivity index (χ2n) is 5.79. The summed E-state index contributed by atoms with van der Waals surface area (Å²) >= 11 is 2.12. The summed E-state index contributed by atoms with van der Waals surface area (Å²) in [4.78, 5) is 34.9. The monoisotopic (exact) mass is 480 g/mol. The molecule has 4 amide bonds. The quantitative estimate of drug-likeness (QED) is 0.401. The topological polar surface area (TPSA) is 84.5 Å². The van der Waals surface area contributed by atoms with E-state index in [2.05, 4.69) is 22.6 Å². The van der Waals surface area contributed by atoms with Gasteiger partial charge in [-0.1, -0.05) is 12.1 Å². The smallest absolute Gasteiger partial charge is 0.328 e. The zero-order valence-corrected chi connectivity index (χ0v) is 16.3. The maximum absolute atomic E-state index is 13.4. The van der Waals surface area contributed by atoms with E-state index in [4.69, 9.17) is 4.74 Å². The minimum absolute atomic E-state index is 0.176. The molecule has 0 atom stereocenters. The summed E-state index contributed by atoms with van der Waals surface area (Å²) in [7, 11) is 1.51. The molecule has 0 saturated carbocycles. The second-order valence-corrected chi connectivity index (χ2v) is 6.95. The van der Waals surface area contributed by atoms with Crippen LogP contribution in [0.25, 0.3) is 6.08 Å². The summed E-state index contributed by atoms with van der Waals surface area (Å²) in [6, 6.07) is 8.92. The molecule has 1 fully saturated rings. The molecule has 1 heterocycles. The lowest BCUT2D eigenvalue weighted by Crippen LogP contribution is -2.51. The van der Waals surface area contributed by atoms with Crippen LogP contribution in [-0.2, 0) is 16.0 Å². The predicted molar refractivity (Wildman–Crippen MR) is 105 cm³/mol. The van der Waals surface area contributed by atoms with Crippen LogP contribution >= 0.6 is 22.6 Å². The summed E-state index contributed by atoms with van der Waals surface area (Å²) < 4.78 is 19.7. The molecule has 2 N–H and O–H groups in total. The van der Waals surface area contributed by atoms with Gasteiger partial charge in [0, 0.05) is 15.6 Å². The van der Waals surface area contributed by atoms with Crippen LogP contribution in [0.1, 0.15) is 16.7 Å². The Morgan fingerprint density at radius 2 is 1.81 bits per heavy atom. The number of rotatable bonds is 4. The highest BCUT2D eigenvalue weighted by Gasteiger charge is 2.27. The number of benzene rings is 2. The normalized spacial score (nSPS) is 13.9. The van der Waals surface area contributed by atoms with Crippen molar-refractivity contribution in [1.29, 1.82) is 0 Å². The van der Waals surface area contributed by atoms with Crippen molar-refractivity contribution in [2.24, 2.45) is 0 Å². The third kappa shape index (κ3) is 4.33. The Balaban J connectivity index is 1.97. The van der Waals surface area contributed by atoms with E-state index in [1.54, 1.807) is 18.2 Å². The lowest BCUT2D eigenvalue weighted by atomic mass is 10.0. The van der Waals surface area contributed by atoms with Crippen molar-refractivity contribution in [3.05, 3.63) is 68.0 Å². The fourth-order valence-electron chi connectivity index (χ4n) is 2.69. The van der Waals surface area contributed by atoms with Crippen LogP contribution in [0.5, 0.6) is 5.75 Å². The van der Waals surface area contributed by atoms with Crippen molar-refractivity contribution in [3.8, 4) is 5.75 Å². The average Bonchev–Trinajstić information content (AvgIpc) is 2.60. The van der Waals surface area contributed by atoms with Crippen molar-refractivity contribution in [2.75, 3.05) is 7.11 Å². The number of amides is 4. The Bertz CT molecular complexity index is 966. The number of hydrogen-bond acceptors (Lipinski definition) is 4. The molecule has 1 aliphatic rings. The van der Waals surface area contributed by atoms with Crippen molar-refractivity contribution < 1.29 is 23.5 Å². The van der Waals surface area contributed by atoms with E-state index < -0.39 is 17.8 Å². The fourth-order valence-corrected chi connectivity index (χ4v) is 3.51. The molecule has 2 aromatic rings. The second kappa shape index (κ2) is 7.87. The number of hydrogen-bond donors (Lipinski definition) is 2. The van der Waals surface area contributed by atoms with Crippen LogP contribution in [0.4, 0.5) is 9.18 Å². The van der Waals surface area contributed by atoms with Gasteiger partial charge < -0.3 is 4.74 Å². The molecule has 138 valence electrons. The molecule has 6 nitrogen and oxygen atoms in total. The SMILES string of the molecule is COc1cc(C=C2C(=O)NC(=O)NC2=O)cc(I)c1Cc1cccc(F)c1. The number of carbonyl (C=O) groups excluding carboxylic acids is 3. The summed E-state index contributed by atoms with van der Waals surface area (Å²) in [5.74, 6) is -1.29. The highest BCUT2D eigenvalue weighted by molar-refractivity contribution is 14.1. The number of barbiturate groups is 1. The Morgan fingerprint density at radius 3 is 2.44 bits per heavy atom. The van der Waals surface area contributed by atoms with E-state index in [0.717, 1.165) is 14.7 Å². The standard InChI is InChI=1S/C19H14FIN2O4/c1-27-16-9-11(7-14-17(24)22-19(26)23-18(14)25)8-15(21)13(16)6-10-3-2-4-12(20)5-10/h2-5,7-9H,6H2,1H3,(H2,22,23,24,25,26). The molecule has 0 aromatic heterocycles. The van der Waals surface area contributed by atoms with Gasteiger partial charge in [0.2, 0.25) is 0 Å². The third-order valence-corrected chi connectivity index (χ3v) is 4.88. The molecule has 0 spiro atoms. The largest absolute Gasteiger partial charge is 0.496 e. The van der Waals surface area contributed by atoms with Gasteiger partial charge in [0.25, 0.3) is 11.8 Å². The van der Waals surface area contributed by atoms with Gasteiger partial charge in [-0.25, -0.2) is 9.18 Å². The van der Waals surface area contributed by atoms with Gasteiger partial charge in [0.05, 0.1) is 7.11 Å². The highest BCUT2D eigenvalue weighted by atomic mass is 127. The zero-order valence-electron chi connectivity index (χ0n) is 14.1. The third-order valence-electron chi connectivity index (χ3n) is 3.92. The van der Waals surface area contributed by atoms with E-state index in [1.807, 2.05) is 16.7 Å².